The van der Waals surface area contributed by atoms with Crippen LogP contribution in [0.2, 0.25) is 45.2 Å². The molecule has 3 rings (SSSR count). The van der Waals surface area contributed by atoms with Gasteiger partial charge in [0.05, 0.1) is 51.5 Å². The Morgan fingerprint density at radius 3 is 0.882 bits per heavy atom. The Kier molecular flexibility index (Phi) is 9.51. The van der Waals surface area contributed by atoms with E-state index in [1.165, 1.54) is 39.5 Å². The van der Waals surface area contributed by atoms with Gasteiger partial charge in [0.2, 0.25) is 0 Å². The number of ether oxygens (including phenoxy) is 3. The summed E-state index contributed by atoms with van der Waals surface area (Å²) < 4.78 is 16.2. The van der Waals surface area contributed by atoms with Crippen molar-refractivity contribution in [2.45, 2.75) is 0 Å². The molecule has 0 radical (unpaired) electrons. The molecule has 3 aromatic rings. The number of rotatable bonds is 6. The monoisotopic (exact) mass is 638 g/mol. The lowest BCUT2D eigenvalue weighted by atomic mass is 9.36. The number of benzene rings is 3. The first-order chi connectivity index (χ1) is 16.0. The third-order valence-corrected chi connectivity index (χ3v) is 7.87. The Hall–Kier alpha value is -0.265. The van der Waals surface area contributed by atoms with E-state index in [4.69, 9.17) is 119 Å². The summed E-state index contributed by atoms with van der Waals surface area (Å²) in [4.78, 5) is 0. The van der Waals surface area contributed by atoms with Crippen LogP contribution in [-0.2, 0) is 0 Å². The molecule has 0 amide bonds. The molecule has 0 fully saturated rings. The molecule has 0 heterocycles. The molecule has 0 spiro atoms. The maximum atomic E-state index is 6.75. The molecule has 0 saturated carbocycles. The number of halogens is 9. The summed E-state index contributed by atoms with van der Waals surface area (Å²) in [5.41, 5.74) is 0.933. The lowest BCUT2D eigenvalue weighted by molar-refractivity contribution is 0.415. The minimum Gasteiger partial charge on any atom is -0.494 e. The summed E-state index contributed by atoms with van der Waals surface area (Å²) in [5.74, 6) is 0.525. The topological polar surface area (TPSA) is 27.7 Å². The Morgan fingerprint density at radius 1 is 0.441 bits per heavy atom. The van der Waals surface area contributed by atoms with Gasteiger partial charge in [0.1, 0.15) is 0 Å². The summed E-state index contributed by atoms with van der Waals surface area (Å²) in [6.45, 7) is -0.955. The molecular weight excluding hydrogens is 630 g/mol. The standard InChI is InChI=1S/C21H12BCl9O3/c1-32-19-10(26)4-7(23)13(16(19)29)22(14-8(24)5-11(27)20(33-2)17(14)30)15-9(25)6-12(28)21(34-3)18(15)31/h4-6H,1-3H3. The zero-order chi connectivity index (χ0) is 25.5. The van der Waals surface area contributed by atoms with Gasteiger partial charge in [-0.05, 0) is 34.6 Å². The van der Waals surface area contributed by atoms with Crippen LogP contribution >= 0.6 is 104 Å². The highest BCUT2D eigenvalue weighted by Gasteiger charge is 2.38. The van der Waals surface area contributed by atoms with Crippen molar-refractivity contribution in [3.05, 3.63) is 63.4 Å². The summed E-state index contributed by atoms with van der Waals surface area (Å²) >= 11 is 59.1. The molecular formula is C21H12BCl9O3. The molecule has 180 valence electrons. The second kappa shape index (κ2) is 11.4. The number of hydrogen-bond acceptors (Lipinski definition) is 3. The predicted octanol–water partition coefficient (Wildman–Crippen LogP) is 8.11. The van der Waals surface area contributed by atoms with Gasteiger partial charge < -0.3 is 14.2 Å². The second-order valence-corrected chi connectivity index (χ2v) is 10.3. The molecule has 34 heavy (non-hydrogen) atoms. The van der Waals surface area contributed by atoms with Crippen molar-refractivity contribution in [1.29, 1.82) is 0 Å². The van der Waals surface area contributed by atoms with Crippen molar-refractivity contribution in [1.82, 2.24) is 0 Å². The van der Waals surface area contributed by atoms with Crippen LogP contribution in [0.25, 0.3) is 0 Å². The lowest BCUT2D eigenvalue weighted by Gasteiger charge is -2.25. The Balaban J connectivity index is 2.58. The molecule has 0 aliphatic carbocycles. The molecule has 0 atom stereocenters. The molecule has 0 bridgehead atoms. The van der Waals surface area contributed by atoms with Gasteiger partial charge in [-0.3, -0.25) is 0 Å². The van der Waals surface area contributed by atoms with Crippen LogP contribution in [0.15, 0.2) is 18.2 Å². The number of hydrogen-bond donors (Lipinski definition) is 0. The van der Waals surface area contributed by atoms with E-state index in [9.17, 15) is 0 Å². The average Bonchev–Trinajstić information content (AvgIpc) is 2.73. The van der Waals surface area contributed by atoms with E-state index in [0.717, 1.165) is 0 Å². The van der Waals surface area contributed by atoms with Crippen molar-refractivity contribution in [2.75, 3.05) is 21.3 Å². The summed E-state index contributed by atoms with van der Waals surface area (Å²) in [6, 6.07) is 4.42. The van der Waals surface area contributed by atoms with Crippen LogP contribution in [0, 0.1) is 0 Å². The first-order valence-electron chi connectivity index (χ1n) is 9.14. The molecule has 0 saturated heterocycles. The largest absolute Gasteiger partial charge is 0.494 e. The molecule has 0 unspecified atom stereocenters. The fourth-order valence-electron chi connectivity index (χ4n) is 3.55. The smallest absolute Gasteiger partial charge is 0.253 e. The Bertz CT molecular complexity index is 1130. The molecule has 13 heteroatoms. The van der Waals surface area contributed by atoms with Crippen molar-refractivity contribution in [2.24, 2.45) is 0 Å². The SMILES string of the molecule is COc1c(Cl)cc(Cl)c(B(c2c(Cl)cc(Cl)c(OC)c2Cl)c2c(Cl)cc(Cl)c(OC)c2Cl)c1Cl. The first-order valence-corrected chi connectivity index (χ1v) is 12.5. The van der Waals surface area contributed by atoms with Crippen molar-refractivity contribution < 1.29 is 14.2 Å². The van der Waals surface area contributed by atoms with E-state index in [2.05, 4.69) is 0 Å². The van der Waals surface area contributed by atoms with E-state index in [0.29, 0.717) is 16.4 Å². The fourth-order valence-corrected chi connectivity index (χ4v) is 6.96. The summed E-state index contributed by atoms with van der Waals surface area (Å²) in [6.07, 6.45) is 0. The van der Waals surface area contributed by atoms with Gasteiger partial charge in [-0.25, -0.2) is 0 Å². The van der Waals surface area contributed by atoms with E-state index in [1.54, 1.807) is 0 Å². The normalized spacial score (nSPS) is 10.9. The summed E-state index contributed by atoms with van der Waals surface area (Å²) in [5, 5.41) is 1.35. The Morgan fingerprint density at radius 2 is 0.676 bits per heavy atom. The fraction of sp³-hybridized carbons (Fsp3) is 0.143. The highest BCUT2D eigenvalue weighted by atomic mass is 35.5. The van der Waals surface area contributed by atoms with E-state index in [-0.39, 0.29) is 62.5 Å². The number of methoxy groups -OCH3 is 3. The van der Waals surface area contributed by atoms with Gasteiger partial charge in [0.15, 0.2) is 17.2 Å². The maximum Gasteiger partial charge on any atom is 0.253 e. The van der Waals surface area contributed by atoms with Crippen LogP contribution in [0.4, 0.5) is 0 Å². The van der Waals surface area contributed by atoms with Crippen LogP contribution < -0.4 is 30.6 Å². The van der Waals surface area contributed by atoms with Crippen LogP contribution in [0.5, 0.6) is 17.2 Å². The third kappa shape index (κ3) is 4.96. The van der Waals surface area contributed by atoms with Gasteiger partial charge in [-0.2, -0.15) is 0 Å². The van der Waals surface area contributed by atoms with Gasteiger partial charge in [-0.1, -0.05) is 104 Å². The van der Waals surface area contributed by atoms with Crippen molar-refractivity contribution >= 4 is 128 Å². The molecule has 3 aromatic carbocycles. The molecule has 0 N–H and O–H groups in total. The van der Waals surface area contributed by atoms with E-state index < -0.39 is 6.71 Å². The first kappa shape index (κ1) is 28.3. The zero-order valence-electron chi connectivity index (χ0n) is 17.4. The molecule has 0 aliphatic heterocycles. The van der Waals surface area contributed by atoms with E-state index >= 15 is 0 Å². The van der Waals surface area contributed by atoms with Gasteiger partial charge in [0.25, 0.3) is 6.71 Å². The van der Waals surface area contributed by atoms with Crippen LogP contribution in [-0.4, -0.2) is 28.0 Å². The highest BCUT2D eigenvalue weighted by molar-refractivity contribution is 7.01. The minimum absolute atomic E-state index is 0.0899. The third-order valence-electron chi connectivity index (χ3n) is 4.97. The summed E-state index contributed by atoms with van der Waals surface area (Å²) in [7, 11) is 4.24. The minimum atomic E-state index is -0.955. The molecule has 3 nitrogen and oxygen atoms in total. The average molecular weight is 642 g/mol. The van der Waals surface area contributed by atoms with Crippen LogP contribution in [0.1, 0.15) is 0 Å². The van der Waals surface area contributed by atoms with Crippen LogP contribution in [0.3, 0.4) is 0 Å². The second-order valence-electron chi connectivity index (χ2n) is 6.74. The quantitative estimate of drug-likeness (QED) is 0.255. The predicted molar refractivity (Wildman–Crippen MR) is 149 cm³/mol. The van der Waals surface area contributed by atoms with Crippen molar-refractivity contribution in [3.8, 4) is 17.2 Å². The van der Waals surface area contributed by atoms with E-state index in [1.807, 2.05) is 0 Å². The molecule has 0 aromatic heterocycles. The Labute approximate surface area is 242 Å². The van der Waals surface area contributed by atoms with Crippen molar-refractivity contribution in [3.63, 3.8) is 0 Å². The maximum absolute atomic E-state index is 6.75. The molecule has 0 aliphatic rings. The van der Waals surface area contributed by atoms with Gasteiger partial charge >= 0.3 is 0 Å². The van der Waals surface area contributed by atoms with Gasteiger partial charge in [-0.15, -0.1) is 0 Å². The van der Waals surface area contributed by atoms with Gasteiger partial charge in [0, 0.05) is 15.1 Å². The highest BCUT2D eigenvalue weighted by Crippen LogP contribution is 2.40. The lowest BCUT2D eigenvalue weighted by Crippen LogP contribution is -2.55. The zero-order valence-corrected chi connectivity index (χ0v) is 24.2.